The summed E-state index contributed by atoms with van der Waals surface area (Å²) in [5, 5.41) is 5.95. The van der Waals surface area contributed by atoms with Gasteiger partial charge < -0.3 is 10.6 Å². The van der Waals surface area contributed by atoms with Gasteiger partial charge >= 0.3 is 0 Å². The van der Waals surface area contributed by atoms with E-state index in [9.17, 15) is 14.4 Å². The molecule has 0 spiro atoms. The number of imide groups is 1. The zero-order valence-corrected chi connectivity index (χ0v) is 19.9. The van der Waals surface area contributed by atoms with Crippen LogP contribution in [0.4, 0.5) is 17.1 Å². The smallest absolute Gasteiger partial charge is 0.282 e. The first-order chi connectivity index (χ1) is 16.2. The van der Waals surface area contributed by atoms with Gasteiger partial charge in [-0.2, -0.15) is 0 Å². The number of rotatable bonds is 5. The van der Waals surface area contributed by atoms with Gasteiger partial charge in [-0.15, -0.1) is 0 Å². The van der Waals surface area contributed by atoms with E-state index >= 15 is 0 Å². The first kappa shape index (κ1) is 23.0. The molecule has 0 fully saturated rings. The van der Waals surface area contributed by atoms with Crippen molar-refractivity contribution in [3.8, 4) is 0 Å². The van der Waals surface area contributed by atoms with Gasteiger partial charge in [-0.25, -0.2) is 4.90 Å². The van der Waals surface area contributed by atoms with Gasteiger partial charge in [0.05, 0.1) is 11.3 Å². The van der Waals surface area contributed by atoms with Gasteiger partial charge in [-0.1, -0.05) is 30.3 Å². The standard InChI is InChI=1S/C28H27N3O3/c1-16-9-10-21(15-18(16)3)25-26(30-24-8-6-7-17(2)19(24)4)28(34)31(27(25)33)23-13-11-22(12-14-23)29-20(5)32/h6-15,30H,1-5H3,(H,29,32). The number of carbonyl (C=O) groups is 3. The van der Waals surface area contributed by atoms with Crippen LogP contribution in [0.2, 0.25) is 0 Å². The number of hydrogen-bond acceptors (Lipinski definition) is 4. The van der Waals surface area contributed by atoms with Crippen LogP contribution < -0.4 is 15.5 Å². The van der Waals surface area contributed by atoms with Crippen LogP contribution in [0.25, 0.3) is 5.57 Å². The van der Waals surface area contributed by atoms with E-state index in [-0.39, 0.29) is 11.6 Å². The maximum absolute atomic E-state index is 13.7. The van der Waals surface area contributed by atoms with E-state index in [0.29, 0.717) is 22.5 Å². The minimum atomic E-state index is -0.425. The Morgan fingerprint density at radius 2 is 1.50 bits per heavy atom. The summed E-state index contributed by atoms with van der Waals surface area (Å²) in [6.45, 7) is 9.40. The van der Waals surface area contributed by atoms with Crippen LogP contribution >= 0.6 is 0 Å². The van der Waals surface area contributed by atoms with E-state index in [1.807, 2.05) is 64.1 Å². The third kappa shape index (κ3) is 4.22. The molecular formula is C28H27N3O3. The van der Waals surface area contributed by atoms with Crippen LogP contribution in [0.15, 0.2) is 66.4 Å². The first-order valence-electron chi connectivity index (χ1n) is 11.1. The zero-order valence-electron chi connectivity index (χ0n) is 19.9. The van der Waals surface area contributed by atoms with Crippen LogP contribution in [0.5, 0.6) is 0 Å². The molecule has 34 heavy (non-hydrogen) atoms. The van der Waals surface area contributed by atoms with Gasteiger partial charge in [-0.05, 0) is 85.8 Å². The molecule has 0 aliphatic carbocycles. The molecule has 3 aromatic rings. The summed E-state index contributed by atoms with van der Waals surface area (Å²) >= 11 is 0. The van der Waals surface area contributed by atoms with Gasteiger partial charge in [0.25, 0.3) is 11.8 Å². The Hall–Kier alpha value is -4.19. The zero-order chi connectivity index (χ0) is 24.6. The van der Waals surface area contributed by atoms with Gasteiger partial charge in [0.1, 0.15) is 5.70 Å². The van der Waals surface area contributed by atoms with Crippen molar-refractivity contribution in [2.45, 2.75) is 34.6 Å². The normalized spacial score (nSPS) is 13.5. The minimum Gasteiger partial charge on any atom is -0.350 e. The molecule has 4 rings (SSSR count). The molecule has 0 saturated carbocycles. The topological polar surface area (TPSA) is 78.5 Å². The molecule has 3 aromatic carbocycles. The molecule has 2 N–H and O–H groups in total. The number of anilines is 3. The largest absolute Gasteiger partial charge is 0.350 e. The fourth-order valence-corrected chi connectivity index (χ4v) is 3.96. The monoisotopic (exact) mass is 453 g/mol. The molecule has 0 atom stereocenters. The second-order valence-electron chi connectivity index (χ2n) is 8.60. The van der Waals surface area contributed by atoms with Crippen LogP contribution in [0, 0.1) is 27.7 Å². The molecule has 0 radical (unpaired) electrons. The Labute approximate surface area is 199 Å². The maximum Gasteiger partial charge on any atom is 0.282 e. The summed E-state index contributed by atoms with van der Waals surface area (Å²) in [5.41, 5.74) is 7.30. The summed E-state index contributed by atoms with van der Waals surface area (Å²) in [5.74, 6) is -1.01. The van der Waals surface area contributed by atoms with E-state index in [2.05, 4.69) is 10.6 Å². The van der Waals surface area contributed by atoms with E-state index in [4.69, 9.17) is 0 Å². The molecule has 6 heteroatoms. The number of amides is 3. The third-order valence-electron chi connectivity index (χ3n) is 6.19. The number of benzene rings is 3. The van der Waals surface area contributed by atoms with E-state index < -0.39 is 11.8 Å². The van der Waals surface area contributed by atoms with E-state index in [1.165, 1.54) is 11.8 Å². The van der Waals surface area contributed by atoms with Gasteiger partial charge in [0.15, 0.2) is 0 Å². The molecular weight excluding hydrogens is 426 g/mol. The molecule has 0 aromatic heterocycles. The number of nitrogens with one attached hydrogen (secondary N) is 2. The fraction of sp³-hybridized carbons (Fsp3) is 0.179. The van der Waals surface area contributed by atoms with E-state index in [0.717, 1.165) is 27.9 Å². The average Bonchev–Trinajstić information content (AvgIpc) is 3.03. The SMILES string of the molecule is CC(=O)Nc1ccc(N2C(=O)C(Nc3cccc(C)c3C)=C(c3ccc(C)c(C)c3)C2=O)cc1. The summed E-state index contributed by atoms with van der Waals surface area (Å²) in [6, 6.07) is 18.2. The lowest BCUT2D eigenvalue weighted by Crippen LogP contribution is -2.32. The highest BCUT2D eigenvalue weighted by atomic mass is 16.2. The number of aryl methyl sites for hydroxylation is 3. The fourth-order valence-electron chi connectivity index (χ4n) is 3.96. The molecule has 1 heterocycles. The van der Waals surface area contributed by atoms with Crippen molar-refractivity contribution >= 4 is 40.4 Å². The number of hydrogen-bond donors (Lipinski definition) is 2. The molecule has 0 unspecified atom stereocenters. The molecule has 0 bridgehead atoms. The minimum absolute atomic E-state index is 0.195. The summed E-state index contributed by atoms with van der Waals surface area (Å²) < 4.78 is 0. The van der Waals surface area contributed by atoms with Gasteiger partial charge in [0, 0.05) is 18.3 Å². The quantitative estimate of drug-likeness (QED) is 0.516. The third-order valence-corrected chi connectivity index (χ3v) is 6.19. The van der Waals surface area contributed by atoms with Gasteiger partial charge in [0.2, 0.25) is 5.91 Å². The Morgan fingerprint density at radius 1 is 0.794 bits per heavy atom. The summed E-state index contributed by atoms with van der Waals surface area (Å²) in [4.78, 5) is 39.8. The Morgan fingerprint density at radius 3 is 2.15 bits per heavy atom. The van der Waals surface area contributed by atoms with Crippen LogP contribution in [-0.2, 0) is 14.4 Å². The van der Waals surface area contributed by atoms with Crippen molar-refractivity contribution in [2.24, 2.45) is 0 Å². The van der Waals surface area contributed by atoms with Crippen molar-refractivity contribution in [1.82, 2.24) is 0 Å². The second-order valence-corrected chi connectivity index (χ2v) is 8.60. The number of nitrogens with zero attached hydrogens (tertiary/aromatic N) is 1. The van der Waals surface area contributed by atoms with Crippen molar-refractivity contribution in [1.29, 1.82) is 0 Å². The highest BCUT2D eigenvalue weighted by Crippen LogP contribution is 2.35. The molecule has 1 aliphatic heterocycles. The Bertz CT molecular complexity index is 1350. The maximum atomic E-state index is 13.7. The second kappa shape index (κ2) is 8.98. The van der Waals surface area contributed by atoms with E-state index in [1.54, 1.807) is 24.3 Å². The van der Waals surface area contributed by atoms with Crippen molar-refractivity contribution in [3.05, 3.63) is 94.2 Å². The van der Waals surface area contributed by atoms with Crippen LogP contribution in [0.3, 0.4) is 0 Å². The van der Waals surface area contributed by atoms with Crippen molar-refractivity contribution in [2.75, 3.05) is 15.5 Å². The predicted molar refractivity (Wildman–Crippen MR) is 136 cm³/mol. The Balaban J connectivity index is 1.80. The lowest BCUT2D eigenvalue weighted by atomic mass is 9.99. The lowest BCUT2D eigenvalue weighted by Gasteiger charge is -2.16. The van der Waals surface area contributed by atoms with Gasteiger partial charge in [-0.3, -0.25) is 14.4 Å². The summed E-state index contributed by atoms with van der Waals surface area (Å²) in [6.07, 6.45) is 0. The molecule has 3 amide bonds. The summed E-state index contributed by atoms with van der Waals surface area (Å²) in [7, 11) is 0. The number of carbonyl (C=O) groups excluding carboxylic acids is 3. The Kier molecular flexibility index (Phi) is 6.07. The van der Waals surface area contributed by atoms with Crippen molar-refractivity contribution < 1.29 is 14.4 Å². The highest BCUT2D eigenvalue weighted by molar-refractivity contribution is 6.46. The highest BCUT2D eigenvalue weighted by Gasteiger charge is 2.40. The average molecular weight is 454 g/mol. The van der Waals surface area contributed by atoms with Crippen LogP contribution in [0.1, 0.15) is 34.7 Å². The molecule has 172 valence electrons. The lowest BCUT2D eigenvalue weighted by molar-refractivity contribution is -0.120. The molecule has 0 saturated heterocycles. The van der Waals surface area contributed by atoms with Crippen molar-refractivity contribution in [3.63, 3.8) is 0 Å². The molecule has 1 aliphatic rings. The molecule has 6 nitrogen and oxygen atoms in total. The predicted octanol–water partition coefficient (Wildman–Crippen LogP) is 5.28. The first-order valence-corrected chi connectivity index (χ1v) is 11.1. The van der Waals surface area contributed by atoms with Crippen LogP contribution in [-0.4, -0.2) is 17.7 Å².